The van der Waals surface area contributed by atoms with Gasteiger partial charge in [-0.05, 0) is 6.54 Å². The van der Waals surface area contributed by atoms with Gasteiger partial charge in [-0.25, -0.2) is 0 Å². The maximum Gasteiger partial charge on any atom is 0.227 e. The number of likely N-dealkylation sites (N-methyl/N-ethyl adjacent to an activating group) is 1. The zero-order valence-electron chi connectivity index (χ0n) is 11.0. The van der Waals surface area contributed by atoms with Crippen LogP contribution in [-0.4, -0.2) is 49.0 Å². The molecule has 0 bridgehead atoms. The van der Waals surface area contributed by atoms with Gasteiger partial charge in [0.25, 0.3) is 0 Å². The highest BCUT2D eigenvalue weighted by atomic mass is 16.5. The molecule has 1 aromatic heterocycles. The standard InChI is InChI=1S/C13H19NO5/c1-2-14-3-4-17-11(6-14)8-19-13-9-18-10(7-15)5-12(13)16/h5,9,11,15H,2-4,6-8H2,1H3. The molecule has 1 aromatic rings. The molecule has 0 aromatic carbocycles. The molecule has 0 aliphatic carbocycles. The number of nitrogens with zero attached hydrogens (tertiary/aromatic N) is 1. The molecule has 0 amide bonds. The Labute approximate surface area is 111 Å². The van der Waals surface area contributed by atoms with Gasteiger partial charge in [0.05, 0.1) is 6.61 Å². The zero-order valence-corrected chi connectivity index (χ0v) is 11.0. The number of hydrogen-bond acceptors (Lipinski definition) is 6. The van der Waals surface area contributed by atoms with E-state index in [1.165, 1.54) is 12.3 Å². The summed E-state index contributed by atoms with van der Waals surface area (Å²) in [6.45, 7) is 5.52. The fourth-order valence-corrected chi connectivity index (χ4v) is 1.98. The maximum atomic E-state index is 11.6. The lowest BCUT2D eigenvalue weighted by atomic mass is 10.3. The third kappa shape index (κ3) is 3.79. The first kappa shape index (κ1) is 14.0. The van der Waals surface area contributed by atoms with Crippen molar-refractivity contribution >= 4 is 0 Å². The smallest absolute Gasteiger partial charge is 0.227 e. The van der Waals surface area contributed by atoms with Crippen molar-refractivity contribution < 1.29 is 19.0 Å². The highest BCUT2D eigenvalue weighted by Crippen LogP contribution is 2.09. The molecule has 0 saturated carbocycles. The largest absolute Gasteiger partial charge is 0.484 e. The average Bonchev–Trinajstić information content (AvgIpc) is 2.46. The summed E-state index contributed by atoms with van der Waals surface area (Å²) in [4.78, 5) is 13.9. The topological polar surface area (TPSA) is 72.1 Å². The lowest BCUT2D eigenvalue weighted by Crippen LogP contribution is -2.44. The predicted octanol–water partition coefficient (Wildman–Crippen LogP) is 0.232. The van der Waals surface area contributed by atoms with Gasteiger partial charge in [0, 0.05) is 19.2 Å². The molecular weight excluding hydrogens is 250 g/mol. The predicted molar refractivity (Wildman–Crippen MR) is 68.2 cm³/mol. The Kier molecular flexibility index (Phi) is 4.95. The minimum absolute atomic E-state index is 0.0365. The van der Waals surface area contributed by atoms with E-state index < -0.39 is 0 Å². The van der Waals surface area contributed by atoms with Crippen molar-refractivity contribution in [3.05, 3.63) is 28.3 Å². The number of hydrogen-bond donors (Lipinski definition) is 1. The van der Waals surface area contributed by atoms with Gasteiger partial charge in [0.1, 0.15) is 31.3 Å². The van der Waals surface area contributed by atoms with Crippen LogP contribution in [-0.2, 0) is 11.3 Å². The molecule has 2 heterocycles. The Bertz CT molecular complexity index is 459. The van der Waals surface area contributed by atoms with Crippen molar-refractivity contribution in [3.8, 4) is 5.75 Å². The number of rotatable bonds is 5. The Morgan fingerprint density at radius 1 is 1.58 bits per heavy atom. The van der Waals surface area contributed by atoms with Crippen LogP contribution in [0.3, 0.4) is 0 Å². The van der Waals surface area contributed by atoms with Crippen LogP contribution < -0.4 is 10.2 Å². The van der Waals surface area contributed by atoms with E-state index in [-0.39, 0.29) is 29.6 Å². The van der Waals surface area contributed by atoms with Gasteiger partial charge in [-0.1, -0.05) is 6.92 Å². The quantitative estimate of drug-likeness (QED) is 0.825. The van der Waals surface area contributed by atoms with Crippen LogP contribution in [0, 0.1) is 0 Å². The molecule has 1 aliphatic rings. The second-order valence-electron chi connectivity index (χ2n) is 4.43. The fraction of sp³-hybridized carbons (Fsp3) is 0.615. The molecule has 6 heteroatoms. The third-order valence-electron chi connectivity index (χ3n) is 3.10. The minimum atomic E-state index is -0.299. The summed E-state index contributed by atoms with van der Waals surface area (Å²) in [5.74, 6) is 0.373. The molecule has 0 spiro atoms. The molecule has 6 nitrogen and oxygen atoms in total. The molecular formula is C13H19NO5. The van der Waals surface area contributed by atoms with Crippen LogP contribution in [0.4, 0.5) is 0 Å². The van der Waals surface area contributed by atoms with Crippen molar-refractivity contribution in [3.63, 3.8) is 0 Å². The SMILES string of the molecule is CCN1CCOC(COc2coc(CO)cc2=O)C1. The van der Waals surface area contributed by atoms with Crippen molar-refractivity contribution in [1.29, 1.82) is 0 Å². The second-order valence-corrected chi connectivity index (χ2v) is 4.43. The molecule has 1 unspecified atom stereocenters. The van der Waals surface area contributed by atoms with Crippen molar-refractivity contribution in [1.82, 2.24) is 4.90 Å². The monoisotopic (exact) mass is 269 g/mol. The Hall–Kier alpha value is -1.37. The number of aliphatic hydroxyl groups is 1. The van der Waals surface area contributed by atoms with Crippen LogP contribution in [0.2, 0.25) is 0 Å². The molecule has 1 saturated heterocycles. The van der Waals surface area contributed by atoms with E-state index in [0.717, 1.165) is 19.6 Å². The van der Waals surface area contributed by atoms with Gasteiger partial charge in [0.15, 0.2) is 0 Å². The van der Waals surface area contributed by atoms with E-state index >= 15 is 0 Å². The van der Waals surface area contributed by atoms with E-state index in [0.29, 0.717) is 13.2 Å². The number of ether oxygens (including phenoxy) is 2. The molecule has 19 heavy (non-hydrogen) atoms. The first-order valence-corrected chi connectivity index (χ1v) is 6.42. The summed E-state index contributed by atoms with van der Waals surface area (Å²) in [7, 11) is 0. The van der Waals surface area contributed by atoms with E-state index in [1.54, 1.807) is 0 Å². The van der Waals surface area contributed by atoms with Gasteiger partial charge in [-0.3, -0.25) is 9.69 Å². The van der Waals surface area contributed by atoms with E-state index in [9.17, 15) is 4.79 Å². The second kappa shape index (κ2) is 6.70. The van der Waals surface area contributed by atoms with Crippen molar-refractivity contribution in [2.45, 2.75) is 19.6 Å². The first-order valence-electron chi connectivity index (χ1n) is 6.42. The van der Waals surface area contributed by atoms with Gasteiger partial charge < -0.3 is 19.0 Å². The van der Waals surface area contributed by atoms with Crippen LogP contribution in [0.1, 0.15) is 12.7 Å². The van der Waals surface area contributed by atoms with Crippen molar-refractivity contribution in [2.75, 3.05) is 32.8 Å². The van der Waals surface area contributed by atoms with Gasteiger partial charge in [-0.15, -0.1) is 0 Å². The van der Waals surface area contributed by atoms with Gasteiger partial charge in [-0.2, -0.15) is 0 Å². The summed E-state index contributed by atoms with van der Waals surface area (Å²) in [5, 5.41) is 8.84. The summed E-state index contributed by atoms with van der Waals surface area (Å²) in [6, 6.07) is 1.23. The molecule has 1 N–H and O–H groups in total. The molecule has 1 aliphatic heterocycles. The summed E-state index contributed by atoms with van der Waals surface area (Å²) in [6.07, 6.45) is 1.19. The van der Waals surface area contributed by atoms with Crippen LogP contribution in [0.5, 0.6) is 5.75 Å². The van der Waals surface area contributed by atoms with E-state index in [2.05, 4.69) is 11.8 Å². The normalized spacial score (nSPS) is 20.4. The summed E-state index contributed by atoms with van der Waals surface area (Å²) in [5.41, 5.74) is -0.293. The maximum absolute atomic E-state index is 11.6. The lowest BCUT2D eigenvalue weighted by Gasteiger charge is -2.31. The van der Waals surface area contributed by atoms with Gasteiger partial charge >= 0.3 is 0 Å². The molecule has 0 radical (unpaired) electrons. The first-order chi connectivity index (χ1) is 9.22. The molecule has 1 atom stereocenters. The third-order valence-corrected chi connectivity index (χ3v) is 3.10. The Balaban J connectivity index is 1.90. The van der Waals surface area contributed by atoms with E-state index in [1.807, 2.05) is 0 Å². The number of morpholine rings is 1. The highest BCUT2D eigenvalue weighted by Gasteiger charge is 2.20. The van der Waals surface area contributed by atoms with Crippen LogP contribution >= 0.6 is 0 Å². The zero-order chi connectivity index (χ0) is 13.7. The van der Waals surface area contributed by atoms with Gasteiger partial charge in [0.2, 0.25) is 11.2 Å². The lowest BCUT2D eigenvalue weighted by molar-refractivity contribution is -0.0468. The average molecular weight is 269 g/mol. The summed E-state index contributed by atoms with van der Waals surface area (Å²) < 4.78 is 16.1. The molecule has 2 rings (SSSR count). The number of aliphatic hydroxyl groups excluding tert-OH is 1. The summed E-state index contributed by atoms with van der Waals surface area (Å²) >= 11 is 0. The molecule has 1 fully saturated rings. The Morgan fingerprint density at radius 2 is 2.42 bits per heavy atom. The minimum Gasteiger partial charge on any atom is -0.484 e. The van der Waals surface area contributed by atoms with Crippen LogP contribution in [0.25, 0.3) is 0 Å². The molecule has 106 valence electrons. The van der Waals surface area contributed by atoms with E-state index in [4.69, 9.17) is 19.0 Å². The van der Waals surface area contributed by atoms with Crippen molar-refractivity contribution in [2.24, 2.45) is 0 Å². The fourth-order valence-electron chi connectivity index (χ4n) is 1.98. The van der Waals surface area contributed by atoms with Crippen LogP contribution in [0.15, 0.2) is 21.5 Å². The Morgan fingerprint density at radius 3 is 3.11 bits per heavy atom. The highest BCUT2D eigenvalue weighted by molar-refractivity contribution is 5.17.